The van der Waals surface area contributed by atoms with E-state index in [2.05, 4.69) is 163 Å². The normalized spacial score (nSPS) is 15.5. The number of hydrogen-bond acceptors (Lipinski definition) is 4. The van der Waals surface area contributed by atoms with Crippen molar-refractivity contribution in [1.29, 1.82) is 0 Å². The summed E-state index contributed by atoms with van der Waals surface area (Å²) in [5.74, 6) is 0. The monoisotopic (exact) mass is 755 g/mol. The molecule has 3 nitrogen and oxygen atoms in total. The van der Waals surface area contributed by atoms with Crippen LogP contribution in [0.5, 0.6) is 0 Å². The first-order valence-corrected chi connectivity index (χ1v) is 21.0. The molecule has 56 heavy (non-hydrogen) atoms. The fourth-order valence-electron chi connectivity index (χ4n) is 9.42. The van der Waals surface area contributed by atoms with E-state index in [1.807, 2.05) is 47.8 Å². The van der Waals surface area contributed by atoms with Gasteiger partial charge < -0.3 is 14.4 Å². The summed E-state index contributed by atoms with van der Waals surface area (Å²) >= 11 is 3.87. The van der Waals surface area contributed by atoms with Crippen LogP contribution in [0, 0.1) is 13.8 Å². The van der Waals surface area contributed by atoms with Gasteiger partial charge in [-0.15, -0.1) is 0 Å². The summed E-state index contributed by atoms with van der Waals surface area (Å²) in [6.45, 7) is 12.4. The van der Waals surface area contributed by atoms with Gasteiger partial charge in [0.2, 0.25) is 0 Å². The second-order valence-electron chi connectivity index (χ2n) is 14.9. The maximum absolute atomic E-state index is 3.95. The number of nitrogens with zero attached hydrogens (tertiary/aromatic N) is 3. The number of rotatable bonds is 6. The maximum Gasteiger partial charge on any atom is 0.252 e. The molecule has 0 saturated heterocycles. The summed E-state index contributed by atoms with van der Waals surface area (Å²) in [6.07, 6.45) is 18.9. The molecule has 0 amide bonds. The Bertz CT molecular complexity index is 2790. The number of benzene rings is 5. The van der Waals surface area contributed by atoms with Gasteiger partial charge in [0.15, 0.2) is 0 Å². The summed E-state index contributed by atoms with van der Waals surface area (Å²) in [7, 11) is 0. The van der Waals surface area contributed by atoms with Gasteiger partial charge >= 0.3 is 0 Å². The van der Waals surface area contributed by atoms with Crippen LogP contribution in [0.15, 0.2) is 172 Å². The Morgan fingerprint density at radius 3 is 1.96 bits per heavy atom. The third-order valence-corrected chi connectivity index (χ3v) is 14.3. The van der Waals surface area contributed by atoms with Gasteiger partial charge in [-0.3, -0.25) is 0 Å². The smallest absolute Gasteiger partial charge is 0.252 e. The minimum absolute atomic E-state index is 0.124. The Morgan fingerprint density at radius 2 is 1.27 bits per heavy atom. The van der Waals surface area contributed by atoms with Gasteiger partial charge in [-0.2, -0.15) is 0 Å². The quantitative estimate of drug-likeness (QED) is 0.124. The van der Waals surface area contributed by atoms with Gasteiger partial charge in [-0.05, 0) is 132 Å². The summed E-state index contributed by atoms with van der Waals surface area (Å²) in [4.78, 5) is 10.6. The lowest BCUT2D eigenvalue weighted by Gasteiger charge is -2.48. The first kappa shape index (κ1) is 33.5. The van der Waals surface area contributed by atoms with E-state index in [0.717, 1.165) is 29.9 Å². The largest absolute Gasteiger partial charge is 0.310 e. The van der Waals surface area contributed by atoms with Crippen LogP contribution in [0.3, 0.4) is 0 Å². The Labute approximate surface area is 337 Å². The molecule has 4 aliphatic heterocycles. The van der Waals surface area contributed by atoms with Crippen molar-refractivity contribution in [3.63, 3.8) is 0 Å². The summed E-state index contributed by atoms with van der Waals surface area (Å²) < 4.78 is 2.35. The van der Waals surface area contributed by atoms with Crippen molar-refractivity contribution >= 4 is 87.2 Å². The Hall–Kier alpha value is -5.82. The number of fused-ring (bicyclic) bond motifs is 7. The second kappa shape index (κ2) is 12.9. The maximum atomic E-state index is 3.95. The molecule has 0 radical (unpaired) electrons. The number of hydrogen-bond donors (Lipinski definition) is 0. The van der Waals surface area contributed by atoms with E-state index in [1.54, 1.807) is 0 Å². The molecule has 0 unspecified atom stereocenters. The van der Waals surface area contributed by atoms with Crippen molar-refractivity contribution in [3.05, 3.63) is 180 Å². The molecule has 0 saturated carbocycles. The highest BCUT2D eigenvalue weighted by Crippen LogP contribution is 2.56. The first-order valence-electron chi connectivity index (χ1n) is 19.3. The van der Waals surface area contributed by atoms with E-state index in [1.165, 1.54) is 92.4 Å². The van der Waals surface area contributed by atoms with Crippen molar-refractivity contribution in [2.45, 2.75) is 41.4 Å². The lowest BCUT2D eigenvalue weighted by Crippen LogP contribution is -2.62. The zero-order valence-corrected chi connectivity index (χ0v) is 33.1. The van der Waals surface area contributed by atoms with E-state index in [0.29, 0.717) is 0 Å². The van der Waals surface area contributed by atoms with Gasteiger partial charge in [0.1, 0.15) is 0 Å². The molecule has 5 aliphatic rings. The van der Waals surface area contributed by atoms with Crippen molar-refractivity contribution in [3.8, 4) is 16.8 Å². The van der Waals surface area contributed by atoms with E-state index in [4.69, 9.17) is 0 Å². The van der Waals surface area contributed by atoms with Crippen LogP contribution in [-0.4, -0.2) is 11.3 Å². The average molecular weight is 756 g/mol. The van der Waals surface area contributed by atoms with Gasteiger partial charge in [-0.25, -0.2) is 0 Å². The lowest BCUT2D eigenvalue weighted by atomic mass is 9.33. The van der Waals surface area contributed by atoms with Gasteiger partial charge in [0, 0.05) is 48.0 Å². The SMILES string of the molecule is C=C/C=C\c1c(C)c(C)c(/C=C\C=C)n1-c1ccc(-c2cc3c4c(c2)N2c5ccccc5Sc5cccc(c52)B4c2cccc4c2N3C2=C(CCC=C2)S4)cc1. The zero-order valence-electron chi connectivity index (χ0n) is 31.4. The average Bonchev–Trinajstić information content (AvgIpc) is 3.47. The number of allylic oxidation sites excluding steroid dienone is 7. The Morgan fingerprint density at radius 1 is 0.643 bits per heavy atom. The number of thioether (sulfide) groups is 1. The minimum atomic E-state index is 0.124. The molecule has 6 aromatic rings. The van der Waals surface area contributed by atoms with E-state index in [9.17, 15) is 0 Å². The van der Waals surface area contributed by atoms with Crippen molar-refractivity contribution in [1.82, 2.24) is 4.57 Å². The zero-order chi connectivity index (χ0) is 37.7. The van der Waals surface area contributed by atoms with Crippen molar-refractivity contribution in [2.24, 2.45) is 0 Å². The van der Waals surface area contributed by atoms with Crippen LogP contribution in [-0.2, 0) is 0 Å². The highest BCUT2D eigenvalue weighted by Gasteiger charge is 2.47. The highest BCUT2D eigenvalue weighted by atomic mass is 32.2. The third kappa shape index (κ3) is 4.76. The molecule has 1 aromatic heterocycles. The van der Waals surface area contributed by atoms with Crippen LogP contribution in [0.1, 0.15) is 35.4 Å². The molecule has 5 heterocycles. The molecule has 0 N–H and O–H groups in total. The predicted molar refractivity (Wildman–Crippen MR) is 242 cm³/mol. The molecule has 0 atom stereocenters. The molecule has 1 aliphatic carbocycles. The number of para-hydroxylation sites is 3. The minimum Gasteiger partial charge on any atom is -0.310 e. The molecule has 268 valence electrons. The molecule has 0 bridgehead atoms. The lowest BCUT2D eigenvalue weighted by molar-refractivity contribution is 0.970. The van der Waals surface area contributed by atoms with E-state index in [-0.39, 0.29) is 6.71 Å². The van der Waals surface area contributed by atoms with Crippen LogP contribution in [0.25, 0.3) is 29.0 Å². The van der Waals surface area contributed by atoms with Crippen LogP contribution < -0.4 is 26.2 Å². The summed E-state index contributed by atoms with van der Waals surface area (Å²) in [5.41, 5.74) is 20.3. The Balaban J connectivity index is 1.16. The molecule has 0 spiro atoms. The molecular weight excluding hydrogens is 718 g/mol. The van der Waals surface area contributed by atoms with E-state index >= 15 is 0 Å². The molecule has 6 heteroatoms. The van der Waals surface area contributed by atoms with Crippen molar-refractivity contribution in [2.75, 3.05) is 9.80 Å². The third-order valence-electron chi connectivity index (χ3n) is 12.0. The van der Waals surface area contributed by atoms with Crippen molar-refractivity contribution < 1.29 is 0 Å². The summed E-state index contributed by atoms with van der Waals surface area (Å²) in [6, 6.07) is 36.9. The molecular formula is C50H38BN3S2. The van der Waals surface area contributed by atoms with E-state index < -0.39 is 0 Å². The van der Waals surface area contributed by atoms with Gasteiger partial charge in [0.05, 0.1) is 22.8 Å². The number of aromatic nitrogens is 1. The standard InChI is InChI=1S/C50H38BN3S2/c1-5-7-17-38-31(3)32(4)39(18-8-6-2)52(38)35-27-25-33(26-28-35)34-29-42-48-43(30-34)54-41-20-10-12-22-45(41)56-47-24-14-16-37(50(47)54)51(48)36-15-13-23-46-49(36)53(42)40-19-9-11-21-44(40)55-46/h5-11,13-21,23-30H,1-2,12,22H2,3-4H3/b17-7-,18-8-. The highest BCUT2D eigenvalue weighted by molar-refractivity contribution is 8.03. The Kier molecular flexibility index (Phi) is 7.70. The first-order chi connectivity index (χ1) is 27.6. The number of anilines is 5. The second-order valence-corrected chi connectivity index (χ2v) is 17.2. The fourth-order valence-corrected chi connectivity index (χ4v) is 11.7. The molecule has 11 rings (SSSR count). The van der Waals surface area contributed by atoms with Gasteiger partial charge in [0.25, 0.3) is 6.71 Å². The summed E-state index contributed by atoms with van der Waals surface area (Å²) in [5, 5.41) is 0. The molecule has 5 aromatic carbocycles. The fraction of sp³-hybridized carbons (Fsp3) is 0.0800. The van der Waals surface area contributed by atoms with Crippen LogP contribution >= 0.6 is 23.5 Å². The predicted octanol–water partition coefficient (Wildman–Crippen LogP) is 12.0. The molecule has 0 fully saturated rings. The van der Waals surface area contributed by atoms with Gasteiger partial charge in [-0.1, -0.05) is 116 Å². The van der Waals surface area contributed by atoms with Crippen LogP contribution in [0.2, 0.25) is 0 Å². The van der Waals surface area contributed by atoms with Crippen LogP contribution in [0.4, 0.5) is 28.4 Å². The topological polar surface area (TPSA) is 11.4 Å².